The van der Waals surface area contributed by atoms with Gasteiger partial charge in [-0.15, -0.1) is 5.10 Å². The Hall–Kier alpha value is -1.76. The molecule has 102 valence electrons. The molecular formula is C11H10ClF3N4. The van der Waals surface area contributed by atoms with Gasteiger partial charge in [0.15, 0.2) is 0 Å². The van der Waals surface area contributed by atoms with Crippen molar-refractivity contribution in [2.24, 2.45) is 7.05 Å². The largest absolute Gasteiger partial charge is 0.416 e. The average Bonchev–Trinajstić information content (AvgIpc) is 2.70. The quantitative estimate of drug-likeness (QED) is 0.944. The lowest BCUT2D eigenvalue weighted by Gasteiger charge is -2.11. The molecule has 0 atom stereocenters. The minimum atomic E-state index is -4.42. The second kappa shape index (κ2) is 5.08. The van der Waals surface area contributed by atoms with Crippen LogP contribution in [0.4, 0.5) is 18.9 Å². The van der Waals surface area contributed by atoms with Gasteiger partial charge in [0.1, 0.15) is 0 Å². The van der Waals surface area contributed by atoms with Crippen molar-refractivity contribution >= 4 is 17.3 Å². The summed E-state index contributed by atoms with van der Waals surface area (Å²) in [5, 5.41) is 10.3. The van der Waals surface area contributed by atoms with Gasteiger partial charge >= 0.3 is 6.18 Å². The van der Waals surface area contributed by atoms with E-state index in [1.807, 2.05) is 0 Å². The van der Waals surface area contributed by atoms with Crippen LogP contribution in [0.2, 0.25) is 5.02 Å². The number of alkyl halides is 3. The number of hydrogen-bond acceptors (Lipinski definition) is 3. The lowest BCUT2D eigenvalue weighted by Crippen LogP contribution is -2.08. The van der Waals surface area contributed by atoms with Gasteiger partial charge in [-0.25, -0.2) is 0 Å². The minimum Gasteiger partial charge on any atom is -0.379 e. The fourth-order valence-electron chi connectivity index (χ4n) is 1.52. The molecule has 1 aromatic carbocycles. The summed E-state index contributed by atoms with van der Waals surface area (Å²) in [6.45, 7) is 0.307. The Morgan fingerprint density at radius 3 is 2.63 bits per heavy atom. The standard InChI is InChI=1S/C11H10ClF3N4/c1-19-10(6-17-18-19)5-16-9-3-7(11(13,14)15)2-8(12)4-9/h2-4,6,16H,5H2,1H3. The molecule has 1 N–H and O–H groups in total. The first kappa shape index (κ1) is 13.7. The number of nitrogens with zero attached hydrogens (tertiary/aromatic N) is 3. The lowest BCUT2D eigenvalue weighted by molar-refractivity contribution is -0.137. The van der Waals surface area contributed by atoms with E-state index in [4.69, 9.17) is 11.6 Å². The van der Waals surface area contributed by atoms with Crippen LogP contribution < -0.4 is 5.32 Å². The first-order valence-corrected chi connectivity index (χ1v) is 5.69. The van der Waals surface area contributed by atoms with E-state index in [0.29, 0.717) is 12.2 Å². The maximum absolute atomic E-state index is 12.6. The highest BCUT2D eigenvalue weighted by atomic mass is 35.5. The molecule has 0 fully saturated rings. The molecule has 2 aromatic rings. The Labute approximate surface area is 112 Å². The summed E-state index contributed by atoms with van der Waals surface area (Å²) in [7, 11) is 1.70. The normalized spacial score (nSPS) is 11.6. The zero-order chi connectivity index (χ0) is 14.0. The molecule has 0 bridgehead atoms. The van der Waals surface area contributed by atoms with Gasteiger partial charge in [-0.05, 0) is 18.2 Å². The second-order valence-corrected chi connectivity index (χ2v) is 4.37. The van der Waals surface area contributed by atoms with Gasteiger partial charge < -0.3 is 5.32 Å². The number of aryl methyl sites for hydroxylation is 1. The molecule has 0 spiro atoms. The second-order valence-electron chi connectivity index (χ2n) is 3.93. The predicted molar refractivity (Wildman–Crippen MR) is 64.8 cm³/mol. The zero-order valence-corrected chi connectivity index (χ0v) is 10.6. The van der Waals surface area contributed by atoms with Crippen molar-refractivity contribution < 1.29 is 13.2 Å². The number of anilines is 1. The van der Waals surface area contributed by atoms with Gasteiger partial charge in [0, 0.05) is 17.8 Å². The lowest BCUT2D eigenvalue weighted by atomic mass is 10.2. The van der Waals surface area contributed by atoms with E-state index in [0.717, 1.165) is 17.8 Å². The third kappa shape index (κ3) is 3.37. The van der Waals surface area contributed by atoms with Crippen LogP contribution in [-0.4, -0.2) is 15.0 Å². The maximum atomic E-state index is 12.6. The fraction of sp³-hybridized carbons (Fsp3) is 0.273. The number of rotatable bonds is 3. The molecule has 1 aromatic heterocycles. The van der Waals surface area contributed by atoms with E-state index in [1.54, 1.807) is 7.05 Å². The van der Waals surface area contributed by atoms with E-state index >= 15 is 0 Å². The first-order valence-electron chi connectivity index (χ1n) is 5.31. The Balaban J connectivity index is 2.17. The molecule has 0 aliphatic heterocycles. The summed E-state index contributed by atoms with van der Waals surface area (Å²) < 4.78 is 39.4. The minimum absolute atomic E-state index is 0.0282. The third-order valence-electron chi connectivity index (χ3n) is 2.51. The van der Waals surface area contributed by atoms with Crippen molar-refractivity contribution in [1.82, 2.24) is 15.0 Å². The SMILES string of the molecule is Cn1nncc1CNc1cc(Cl)cc(C(F)(F)F)c1. The highest BCUT2D eigenvalue weighted by molar-refractivity contribution is 6.30. The van der Waals surface area contributed by atoms with Crippen molar-refractivity contribution in [1.29, 1.82) is 0 Å². The highest BCUT2D eigenvalue weighted by Gasteiger charge is 2.31. The molecule has 1 heterocycles. The number of aromatic nitrogens is 3. The third-order valence-corrected chi connectivity index (χ3v) is 2.73. The Morgan fingerprint density at radius 2 is 2.05 bits per heavy atom. The maximum Gasteiger partial charge on any atom is 0.416 e. The Bertz CT molecular complexity index is 580. The van der Waals surface area contributed by atoms with Gasteiger partial charge in [0.05, 0.1) is 24.0 Å². The van der Waals surface area contributed by atoms with Crippen LogP contribution in [0.25, 0.3) is 0 Å². The smallest absolute Gasteiger partial charge is 0.379 e. The molecule has 0 amide bonds. The number of halogens is 4. The fourth-order valence-corrected chi connectivity index (χ4v) is 1.75. The number of hydrogen-bond donors (Lipinski definition) is 1. The topological polar surface area (TPSA) is 42.7 Å². The van der Waals surface area contributed by atoms with Crippen LogP contribution in [0.1, 0.15) is 11.3 Å². The summed E-state index contributed by atoms with van der Waals surface area (Å²) >= 11 is 5.68. The van der Waals surface area contributed by atoms with Gasteiger partial charge in [-0.1, -0.05) is 16.8 Å². The Morgan fingerprint density at radius 1 is 1.32 bits per heavy atom. The summed E-state index contributed by atoms with van der Waals surface area (Å²) in [5.74, 6) is 0. The highest BCUT2D eigenvalue weighted by Crippen LogP contribution is 2.33. The molecule has 0 unspecified atom stereocenters. The van der Waals surface area contributed by atoms with E-state index in [2.05, 4.69) is 15.6 Å². The molecule has 4 nitrogen and oxygen atoms in total. The average molecular weight is 291 g/mol. The molecule has 0 aliphatic carbocycles. The van der Waals surface area contributed by atoms with E-state index < -0.39 is 11.7 Å². The van der Waals surface area contributed by atoms with Crippen molar-refractivity contribution in [2.45, 2.75) is 12.7 Å². The number of nitrogens with one attached hydrogen (secondary N) is 1. The molecule has 0 aliphatic rings. The molecule has 2 rings (SSSR count). The molecule has 0 saturated carbocycles. The molecule has 0 radical (unpaired) electrons. The zero-order valence-electron chi connectivity index (χ0n) is 9.87. The number of benzene rings is 1. The monoisotopic (exact) mass is 290 g/mol. The first-order chi connectivity index (χ1) is 8.86. The van der Waals surface area contributed by atoms with Gasteiger partial charge in [0.25, 0.3) is 0 Å². The van der Waals surface area contributed by atoms with Crippen molar-refractivity contribution in [3.05, 3.63) is 40.7 Å². The Kier molecular flexibility index (Phi) is 3.66. The van der Waals surface area contributed by atoms with Crippen LogP contribution in [0.5, 0.6) is 0 Å². The predicted octanol–water partition coefficient (Wildman–Crippen LogP) is 3.10. The molecule has 19 heavy (non-hydrogen) atoms. The van der Waals surface area contributed by atoms with E-state index in [1.165, 1.54) is 16.9 Å². The van der Waals surface area contributed by atoms with Crippen LogP contribution in [0, 0.1) is 0 Å². The summed E-state index contributed by atoms with van der Waals surface area (Å²) in [4.78, 5) is 0. The van der Waals surface area contributed by atoms with Crippen LogP contribution in [0.3, 0.4) is 0 Å². The van der Waals surface area contributed by atoms with Crippen molar-refractivity contribution in [3.63, 3.8) is 0 Å². The molecule has 8 heteroatoms. The van der Waals surface area contributed by atoms with Crippen molar-refractivity contribution in [3.8, 4) is 0 Å². The van der Waals surface area contributed by atoms with E-state index in [9.17, 15) is 13.2 Å². The summed E-state index contributed by atoms with van der Waals surface area (Å²) in [6, 6.07) is 3.33. The summed E-state index contributed by atoms with van der Waals surface area (Å²) in [6.07, 6.45) is -2.89. The van der Waals surface area contributed by atoms with Gasteiger partial charge in [-0.2, -0.15) is 13.2 Å². The summed E-state index contributed by atoms with van der Waals surface area (Å²) in [5.41, 5.74) is 0.250. The van der Waals surface area contributed by atoms with Crippen molar-refractivity contribution in [2.75, 3.05) is 5.32 Å². The van der Waals surface area contributed by atoms with Crippen LogP contribution in [0.15, 0.2) is 24.4 Å². The van der Waals surface area contributed by atoms with Crippen LogP contribution >= 0.6 is 11.6 Å². The van der Waals surface area contributed by atoms with Gasteiger partial charge in [0.2, 0.25) is 0 Å². The van der Waals surface area contributed by atoms with Crippen LogP contribution in [-0.2, 0) is 19.8 Å². The van der Waals surface area contributed by atoms with Gasteiger partial charge in [-0.3, -0.25) is 4.68 Å². The molecule has 0 saturated heterocycles. The van der Waals surface area contributed by atoms with E-state index in [-0.39, 0.29) is 5.02 Å². The molecular weight excluding hydrogens is 281 g/mol.